The Balaban J connectivity index is 0.00000126. The van der Waals surface area contributed by atoms with Crippen molar-refractivity contribution in [3.8, 4) is 0 Å². The summed E-state index contributed by atoms with van der Waals surface area (Å²) >= 11 is 0. The summed E-state index contributed by atoms with van der Waals surface area (Å²) in [6.07, 6.45) is -2.89. The van der Waals surface area contributed by atoms with Gasteiger partial charge in [-0.1, -0.05) is 57.0 Å². The van der Waals surface area contributed by atoms with Crippen LogP contribution in [-0.2, 0) is 35.6 Å². The fraction of sp³-hybridized carbons (Fsp3) is 0.550. The predicted molar refractivity (Wildman–Crippen MR) is 113 cm³/mol. The van der Waals surface area contributed by atoms with E-state index in [1.54, 1.807) is 30.3 Å². The van der Waals surface area contributed by atoms with Crippen LogP contribution in [-0.4, -0.2) is 54.1 Å². The number of hydrogen-bond donors (Lipinski definition) is 3. The molecule has 0 unspecified atom stereocenters. The maximum absolute atomic E-state index is 12.7. The lowest BCUT2D eigenvalue weighted by Gasteiger charge is -2.26. The van der Waals surface area contributed by atoms with Crippen molar-refractivity contribution in [3.05, 3.63) is 35.9 Å². The summed E-state index contributed by atoms with van der Waals surface area (Å²) in [7, 11) is -3.80. The Labute approximate surface area is 190 Å². The summed E-state index contributed by atoms with van der Waals surface area (Å²) < 4.78 is 62.2. The lowest BCUT2D eigenvalue weighted by atomic mass is 10.0. The Morgan fingerprint density at radius 1 is 1.06 bits per heavy atom. The monoisotopic (exact) mass is 498 g/mol. The number of halogens is 3. The summed E-state index contributed by atoms with van der Waals surface area (Å²) in [6, 6.07) is 8.78. The lowest BCUT2D eigenvalue weighted by molar-refractivity contribution is -0.192. The first-order valence-electron chi connectivity index (χ1n) is 9.93. The number of carbonyl (C=O) groups is 3. The van der Waals surface area contributed by atoms with Crippen molar-refractivity contribution in [2.45, 2.75) is 63.1 Å². The second kappa shape index (κ2) is 13.1. The number of alkyl halides is 3. The minimum absolute atomic E-state index is 0.126. The van der Waals surface area contributed by atoms with E-state index in [-0.39, 0.29) is 6.61 Å². The molecular weight excluding hydrogens is 469 g/mol. The van der Waals surface area contributed by atoms with Crippen molar-refractivity contribution in [3.63, 3.8) is 0 Å². The lowest BCUT2D eigenvalue weighted by Crippen LogP contribution is -2.63. The van der Waals surface area contributed by atoms with Crippen LogP contribution in [0.5, 0.6) is 0 Å². The highest BCUT2D eigenvalue weighted by atomic mass is 32.2. The standard InChI is InChI=1S/C18H28N2O5S.C2HF3O2/c1-3-8-15(9-4-2)26(23,24)13-18(20,16(19)21)17(22)25-12-14-10-6-5-7-11-14;3-2(4,5)1(6)7/h5-7,10-11,15H,3-4,8-9,12-13,20H2,1-2H3,(H2,19,21);(H,6,7)/t18-;/m0./s1. The van der Waals surface area contributed by atoms with E-state index in [1.807, 2.05) is 13.8 Å². The van der Waals surface area contributed by atoms with E-state index >= 15 is 0 Å². The van der Waals surface area contributed by atoms with Crippen LogP contribution in [0.3, 0.4) is 0 Å². The van der Waals surface area contributed by atoms with Crippen molar-refractivity contribution in [1.29, 1.82) is 0 Å². The molecule has 0 saturated heterocycles. The minimum Gasteiger partial charge on any atom is -0.475 e. The van der Waals surface area contributed by atoms with Crippen molar-refractivity contribution < 1.29 is 45.8 Å². The quantitative estimate of drug-likeness (QED) is 0.307. The molecule has 1 aromatic carbocycles. The molecule has 0 fully saturated rings. The number of aliphatic carboxylic acids is 1. The molecule has 0 saturated carbocycles. The van der Waals surface area contributed by atoms with Gasteiger partial charge in [0.05, 0.1) is 11.0 Å². The van der Waals surface area contributed by atoms with E-state index < -0.39 is 50.4 Å². The maximum Gasteiger partial charge on any atom is 0.490 e. The molecule has 1 amide bonds. The Morgan fingerprint density at radius 3 is 1.88 bits per heavy atom. The van der Waals surface area contributed by atoms with Gasteiger partial charge in [-0.25, -0.2) is 18.0 Å². The number of benzene rings is 1. The molecule has 0 aliphatic carbocycles. The first kappa shape index (κ1) is 30.3. The number of ether oxygens (including phenoxy) is 1. The van der Waals surface area contributed by atoms with Crippen LogP contribution in [0, 0.1) is 0 Å². The van der Waals surface area contributed by atoms with Crippen molar-refractivity contribution in [2.75, 3.05) is 5.75 Å². The van der Waals surface area contributed by atoms with Crippen LogP contribution in [0.4, 0.5) is 13.2 Å². The SMILES string of the molecule is CCCC(CCC)S(=O)(=O)C[C@](N)(C(N)=O)C(=O)OCc1ccccc1.O=C(O)C(F)(F)F. The van der Waals surface area contributed by atoms with Gasteiger partial charge in [0.1, 0.15) is 6.61 Å². The van der Waals surface area contributed by atoms with E-state index in [9.17, 15) is 31.2 Å². The predicted octanol–water partition coefficient (Wildman–Crippen LogP) is 1.93. The number of carboxylic acids is 1. The second-order valence-electron chi connectivity index (χ2n) is 7.21. The van der Waals surface area contributed by atoms with Crippen molar-refractivity contribution >= 4 is 27.7 Å². The van der Waals surface area contributed by atoms with Crippen molar-refractivity contribution in [1.82, 2.24) is 0 Å². The Morgan fingerprint density at radius 2 is 1.52 bits per heavy atom. The molecule has 0 spiro atoms. The zero-order chi connectivity index (χ0) is 25.9. The smallest absolute Gasteiger partial charge is 0.475 e. The fourth-order valence-corrected chi connectivity index (χ4v) is 4.99. The summed E-state index contributed by atoms with van der Waals surface area (Å²) in [6.45, 7) is 3.62. The van der Waals surface area contributed by atoms with E-state index in [4.69, 9.17) is 26.1 Å². The molecule has 0 aromatic heterocycles. The van der Waals surface area contributed by atoms with Gasteiger partial charge < -0.3 is 21.3 Å². The van der Waals surface area contributed by atoms with Gasteiger partial charge in [-0.05, 0) is 18.4 Å². The van der Waals surface area contributed by atoms with Gasteiger partial charge >= 0.3 is 18.1 Å². The average molecular weight is 499 g/mol. The molecule has 0 aliphatic heterocycles. The van der Waals surface area contributed by atoms with Crippen LogP contribution in [0.2, 0.25) is 0 Å². The number of rotatable bonds is 11. The molecule has 5 N–H and O–H groups in total. The van der Waals surface area contributed by atoms with Gasteiger partial charge in [0.2, 0.25) is 11.4 Å². The number of amides is 1. The van der Waals surface area contributed by atoms with Gasteiger partial charge in [0.25, 0.3) is 0 Å². The number of hydrogen-bond acceptors (Lipinski definition) is 7. The highest BCUT2D eigenvalue weighted by Gasteiger charge is 2.47. The number of primary amides is 1. The average Bonchev–Trinajstić information content (AvgIpc) is 2.71. The third kappa shape index (κ3) is 10.2. The second-order valence-corrected chi connectivity index (χ2v) is 9.49. The number of carboxylic acid groups (broad SMARTS) is 1. The normalized spacial score (nSPS) is 13.4. The summed E-state index contributed by atoms with van der Waals surface area (Å²) in [5, 5.41) is 6.46. The summed E-state index contributed by atoms with van der Waals surface area (Å²) in [5.74, 6) is -5.96. The van der Waals surface area contributed by atoms with Gasteiger partial charge in [-0.15, -0.1) is 0 Å². The van der Waals surface area contributed by atoms with E-state index in [0.717, 1.165) is 0 Å². The molecule has 0 bridgehead atoms. The highest BCUT2D eigenvalue weighted by Crippen LogP contribution is 2.20. The number of carbonyl (C=O) groups excluding carboxylic acids is 2. The topological polar surface area (TPSA) is 167 Å². The van der Waals surface area contributed by atoms with Crippen LogP contribution >= 0.6 is 0 Å². The Hall–Kier alpha value is -2.67. The molecular formula is C20H29F3N2O7S. The van der Waals surface area contributed by atoms with E-state index in [0.29, 0.717) is 31.2 Å². The Bertz CT molecular complexity index is 887. The summed E-state index contributed by atoms with van der Waals surface area (Å²) in [5.41, 5.74) is 9.38. The molecule has 1 rings (SSSR count). The maximum atomic E-state index is 12.7. The van der Waals surface area contributed by atoms with Crippen LogP contribution in [0.15, 0.2) is 30.3 Å². The van der Waals surface area contributed by atoms with Crippen LogP contribution < -0.4 is 11.5 Å². The van der Waals surface area contributed by atoms with Crippen molar-refractivity contribution in [2.24, 2.45) is 11.5 Å². The minimum atomic E-state index is -5.08. The molecule has 13 heteroatoms. The van der Waals surface area contributed by atoms with Gasteiger partial charge in [-0.3, -0.25) is 4.79 Å². The van der Waals surface area contributed by atoms with E-state index in [1.165, 1.54) is 0 Å². The molecule has 0 radical (unpaired) electrons. The first-order valence-corrected chi connectivity index (χ1v) is 11.6. The molecule has 9 nitrogen and oxygen atoms in total. The molecule has 188 valence electrons. The largest absolute Gasteiger partial charge is 0.490 e. The molecule has 33 heavy (non-hydrogen) atoms. The molecule has 1 atom stereocenters. The Kier molecular flexibility index (Phi) is 12.1. The zero-order valence-electron chi connectivity index (χ0n) is 18.3. The van der Waals surface area contributed by atoms with Gasteiger partial charge in [-0.2, -0.15) is 13.2 Å². The fourth-order valence-electron chi connectivity index (χ4n) is 2.67. The summed E-state index contributed by atoms with van der Waals surface area (Å²) in [4.78, 5) is 33.1. The third-order valence-corrected chi connectivity index (χ3v) is 6.76. The molecule has 0 aliphatic rings. The van der Waals surface area contributed by atoms with Gasteiger partial charge in [0, 0.05) is 0 Å². The zero-order valence-corrected chi connectivity index (χ0v) is 19.1. The first-order chi connectivity index (χ1) is 15.1. The molecule has 1 aromatic rings. The number of sulfone groups is 1. The van der Waals surface area contributed by atoms with Gasteiger partial charge in [0.15, 0.2) is 9.84 Å². The van der Waals surface area contributed by atoms with Crippen LogP contribution in [0.25, 0.3) is 0 Å². The number of nitrogens with two attached hydrogens (primary N) is 2. The van der Waals surface area contributed by atoms with E-state index in [2.05, 4.69) is 0 Å². The third-order valence-electron chi connectivity index (χ3n) is 4.42. The van der Waals surface area contributed by atoms with Crippen LogP contribution in [0.1, 0.15) is 45.1 Å². The number of esters is 1. The highest BCUT2D eigenvalue weighted by molar-refractivity contribution is 7.92. The molecule has 0 heterocycles.